The third-order valence-corrected chi connectivity index (χ3v) is 3.73. The van der Waals surface area contributed by atoms with Crippen LogP contribution >= 0.6 is 15.9 Å². The Balaban J connectivity index is 2.44. The summed E-state index contributed by atoms with van der Waals surface area (Å²) in [5, 5.41) is 0. The van der Waals surface area contributed by atoms with Crippen LogP contribution in [0.4, 0.5) is 0 Å². The maximum absolute atomic E-state index is 5.13. The molecule has 2 atom stereocenters. The zero-order valence-corrected chi connectivity index (χ0v) is 11.3. The van der Waals surface area contributed by atoms with E-state index in [-0.39, 0.29) is 0 Å². The van der Waals surface area contributed by atoms with Crippen molar-refractivity contribution >= 4 is 15.9 Å². The van der Waals surface area contributed by atoms with Gasteiger partial charge in [0, 0.05) is 4.83 Å². The summed E-state index contributed by atoms with van der Waals surface area (Å²) in [4.78, 5) is 0.593. The quantitative estimate of drug-likeness (QED) is 0.734. The van der Waals surface area contributed by atoms with Gasteiger partial charge < -0.3 is 4.74 Å². The van der Waals surface area contributed by atoms with Gasteiger partial charge in [-0.2, -0.15) is 0 Å². The Morgan fingerprint density at radius 2 is 1.80 bits per heavy atom. The molecule has 1 aromatic rings. The van der Waals surface area contributed by atoms with Crippen LogP contribution in [0.25, 0.3) is 0 Å². The Labute approximate surface area is 101 Å². The van der Waals surface area contributed by atoms with E-state index in [0.717, 1.165) is 12.2 Å². The zero-order chi connectivity index (χ0) is 11.3. The van der Waals surface area contributed by atoms with Crippen LogP contribution in [0.3, 0.4) is 0 Å². The molecule has 0 spiro atoms. The first-order valence-electron chi connectivity index (χ1n) is 5.40. The number of aryl methyl sites for hydroxylation is 1. The Kier molecular flexibility index (Phi) is 5.16. The lowest BCUT2D eigenvalue weighted by atomic mass is 9.99. The van der Waals surface area contributed by atoms with Gasteiger partial charge >= 0.3 is 0 Å². The fraction of sp³-hybridized carbons (Fsp3) is 0.538. The fourth-order valence-electron chi connectivity index (χ4n) is 1.42. The number of ether oxygens (including phenoxy) is 1. The largest absolute Gasteiger partial charge is 0.497 e. The summed E-state index contributed by atoms with van der Waals surface area (Å²) >= 11 is 3.62. The molecule has 0 fully saturated rings. The van der Waals surface area contributed by atoms with E-state index in [4.69, 9.17) is 4.74 Å². The van der Waals surface area contributed by atoms with Gasteiger partial charge in [0.2, 0.25) is 0 Å². The Morgan fingerprint density at radius 3 is 2.27 bits per heavy atom. The summed E-state index contributed by atoms with van der Waals surface area (Å²) in [6, 6.07) is 8.34. The van der Waals surface area contributed by atoms with E-state index in [2.05, 4.69) is 41.9 Å². The minimum atomic E-state index is 0.593. The van der Waals surface area contributed by atoms with Crippen LogP contribution in [-0.4, -0.2) is 11.9 Å². The number of hydrogen-bond acceptors (Lipinski definition) is 1. The van der Waals surface area contributed by atoms with Crippen molar-refractivity contribution in [2.24, 2.45) is 5.92 Å². The molecule has 0 aromatic heterocycles. The number of alkyl halides is 1. The van der Waals surface area contributed by atoms with Gasteiger partial charge in [-0.3, -0.25) is 0 Å². The monoisotopic (exact) mass is 270 g/mol. The molecule has 0 saturated heterocycles. The van der Waals surface area contributed by atoms with Gasteiger partial charge in [-0.15, -0.1) is 0 Å². The van der Waals surface area contributed by atoms with Crippen molar-refractivity contribution in [2.45, 2.75) is 31.5 Å². The van der Waals surface area contributed by atoms with Gasteiger partial charge in [-0.1, -0.05) is 41.9 Å². The number of methoxy groups -OCH3 is 1. The summed E-state index contributed by atoms with van der Waals surface area (Å²) in [6.45, 7) is 4.49. The Bertz CT molecular complexity index is 279. The average molecular weight is 271 g/mol. The topological polar surface area (TPSA) is 9.23 Å². The Hall–Kier alpha value is -0.500. The van der Waals surface area contributed by atoms with Crippen molar-refractivity contribution in [3.63, 3.8) is 0 Å². The summed E-state index contributed by atoms with van der Waals surface area (Å²) in [6.07, 6.45) is 2.36. The zero-order valence-electron chi connectivity index (χ0n) is 9.66. The van der Waals surface area contributed by atoms with E-state index in [1.807, 2.05) is 12.1 Å². The maximum Gasteiger partial charge on any atom is 0.118 e. The van der Waals surface area contributed by atoms with E-state index in [0.29, 0.717) is 10.7 Å². The molecule has 0 N–H and O–H groups in total. The molecule has 0 heterocycles. The van der Waals surface area contributed by atoms with Crippen LogP contribution < -0.4 is 4.74 Å². The first-order chi connectivity index (χ1) is 7.13. The van der Waals surface area contributed by atoms with Crippen molar-refractivity contribution in [1.82, 2.24) is 0 Å². The minimum Gasteiger partial charge on any atom is -0.497 e. The molecule has 1 aromatic carbocycles. The molecular weight excluding hydrogens is 252 g/mol. The molecule has 1 rings (SSSR count). The molecule has 2 unspecified atom stereocenters. The van der Waals surface area contributed by atoms with E-state index in [9.17, 15) is 0 Å². The van der Waals surface area contributed by atoms with Crippen molar-refractivity contribution in [3.05, 3.63) is 29.8 Å². The van der Waals surface area contributed by atoms with Gasteiger partial charge in [0.05, 0.1) is 7.11 Å². The van der Waals surface area contributed by atoms with Gasteiger partial charge in [0.15, 0.2) is 0 Å². The van der Waals surface area contributed by atoms with Crippen molar-refractivity contribution in [3.8, 4) is 5.75 Å². The van der Waals surface area contributed by atoms with E-state index < -0.39 is 0 Å². The molecule has 0 bridgehead atoms. The highest BCUT2D eigenvalue weighted by Crippen LogP contribution is 2.19. The van der Waals surface area contributed by atoms with E-state index in [1.54, 1.807) is 7.11 Å². The molecule has 0 radical (unpaired) electrons. The van der Waals surface area contributed by atoms with Crippen LogP contribution in [0.1, 0.15) is 25.8 Å². The minimum absolute atomic E-state index is 0.593. The first-order valence-corrected chi connectivity index (χ1v) is 6.32. The lowest BCUT2D eigenvalue weighted by molar-refractivity contribution is 0.414. The maximum atomic E-state index is 5.13. The standard InChI is InChI=1S/C13H19BrO/c1-10(11(2)14)4-5-12-6-8-13(15-3)9-7-12/h6-11H,4-5H2,1-3H3. The fourth-order valence-corrected chi connectivity index (χ4v) is 1.68. The highest BCUT2D eigenvalue weighted by molar-refractivity contribution is 9.09. The van der Waals surface area contributed by atoms with Crippen LogP contribution in [0.2, 0.25) is 0 Å². The van der Waals surface area contributed by atoms with Crippen LogP contribution in [-0.2, 0) is 6.42 Å². The van der Waals surface area contributed by atoms with Gasteiger partial charge in [0.25, 0.3) is 0 Å². The van der Waals surface area contributed by atoms with Crippen LogP contribution in [0.5, 0.6) is 5.75 Å². The van der Waals surface area contributed by atoms with Crippen molar-refractivity contribution < 1.29 is 4.74 Å². The van der Waals surface area contributed by atoms with Gasteiger partial charge in [-0.05, 0) is 36.5 Å². The molecule has 0 amide bonds. The summed E-state index contributed by atoms with van der Waals surface area (Å²) in [5.41, 5.74) is 1.39. The van der Waals surface area contributed by atoms with Crippen molar-refractivity contribution in [2.75, 3.05) is 7.11 Å². The molecule has 1 nitrogen and oxygen atoms in total. The second-order valence-electron chi connectivity index (χ2n) is 4.04. The smallest absolute Gasteiger partial charge is 0.118 e. The first kappa shape index (κ1) is 12.6. The normalized spacial score (nSPS) is 14.7. The number of halogens is 1. The number of hydrogen-bond donors (Lipinski definition) is 0. The summed E-state index contributed by atoms with van der Waals surface area (Å²) in [7, 11) is 1.70. The SMILES string of the molecule is COc1ccc(CCC(C)C(C)Br)cc1. The third-order valence-electron chi connectivity index (χ3n) is 2.83. The molecule has 84 valence electrons. The number of benzene rings is 1. The van der Waals surface area contributed by atoms with Crippen LogP contribution in [0.15, 0.2) is 24.3 Å². The van der Waals surface area contributed by atoms with Crippen LogP contribution in [0, 0.1) is 5.92 Å². The lowest BCUT2D eigenvalue weighted by Gasteiger charge is -2.13. The highest BCUT2D eigenvalue weighted by Gasteiger charge is 2.08. The molecular formula is C13H19BrO. The second kappa shape index (κ2) is 6.16. The number of rotatable bonds is 5. The molecule has 0 aliphatic rings. The molecule has 2 heteroatoms. The highest BCUT2D eigenvalue weighted by atomic mass is 79.9. The molecule has 0 aliphatic carbocycles. The second-order valence-corrected chi connectivity index (χ2v) is 5.49. The average Bonchev–Trinajstić information content (AvgIpc) is 2.26. The molecule has 0 aliphatic heterocycles. The predicted octanol–water partition coefficient (Wildman–Crippen LogP) is 4.05. The van der Waals surface area contributed by atoms with E-state index in [1.165, 1.54) is 12.0 Å². The van der Waals surface area contributed by atoms with Gasteiger partial charge in [-0.25, -0.2) is 0 Å². The van der Waals surface area contributed by atoms with E-state index >= 15 is 0 Å². The van der Waals surface area contributed by atoms with Crippen molar-refractivity contribution in [1.29, 1.82) is 0 Å². The summed E-state index contributed by atoms with van der Waals surface area (Å²) < 4.78 is 5.13. The lowest BCUT2D eigenvalue weighted by Crippen LogP contribution is -2.07. The molecule has 15 heavy (non-hydrogen) atoms. The predicted molar refractivity (Wildman–Crippen MR) is 68.9 cm³/mol. The third kappa shape index (κ3) is 4.25. The van der Waals surface area contributed by atoms with Gasteiger partial charge in [0.1, 0.15) is 5.75 Å². The summed E-state index contributed by atoms with van der Waals surface area (Å²) in [5.74, 6) is 1.65. The molecule has 0 saturated carbocycles. The Morgan fingerprint density at radius 1 is 1.20 bits per heavy atom.